The van der Waals surface area contributed by atoms with E-state index in [9.17, 15) is 10.1 Å². The minimum absolute atomic E-state index is 0.129. The maximum absolute atomic E-state index is 12.9. The lowest BCUT2D eigenvalue weighted by atomic mass is 10.1. The first kappa shape index (κ1) is 20.8. The van der Waals surface area contributed by atoms with Crippen LogP contribution in [0.25, 0.3) is 10.9 Å². The van der Waals surface area contributed by atoms with Crippen LogP contribution in [0.1, 0.15) is 43.6 Å². The maximum Gasteiger partial charge on any atom is 0.237 e. The van der Waals surface area contributed by atoms with Crippen molar-refractivity contribution >= 4 is 34.3 Å². The number of thioether (sulfide) groups is 1. The molecule has 0 fully saturated rings. The molecule has 0 aliphatic rings. The van der Waals surface area contributed by atoms with Crippen LogP contribution in [-0.4, -0.2) is 21.1 Å². The lowest BCUT2D eigenvalue weighted by molar-refractivity contribution is -0.115. The van der Waals surface area contributed by atoms with E-state index >= 15 is 0 Å². The van der Waals surface area contributed by atoms with Crippen LogP contribution in [0, 0.1) is 18.3 Å². The molecule has 2 aromatic heterocycles. The Morgan fingerprint density at radius 2 is 2.03 bits per heavy atom. The Bertz CT molecular complexity index is 1070. The second kappa shape index (κ2) is 9.53. The summed E-state index contributed by atoms with van der Waals surface area (Å²) in [6.45, 7) is 5.87. The zero-order valence-electron chi connectivity index (χ0n) is 16.9. The van der Waals surface area contributed by atoms with E-state index in [2.05, 4.69) is 28.3 Å². The van der Waals surface area contributed by atoms with Crippen LogP contribution in [0.4, 0.5) is 5.69 Å². The Kier molecular flexibility index (Phi) is 6.84. The highest BCUT2D eigenvalue weighted by Crippen LogP contribution is 2.28. The number of rotatable bonds is 7. The lowest BCUT2D eigenvalue weighted by Gasteiger charge is -2.15. The molecular formula is C23H24N4OS. The van der Waals surface area contributed by atoms with Crippen molar-refractivity contribution in [3.8, 4) is 6.07 Å². The van der Waals surface area contributed by atoms with Gasteiger partial charge >= 0.3 is 0 Å². The Balaban J connectivity index is 1.79. The summed E-state index contributed by atoms with van der Waals surface area (Å²) < 4.78 is 0. The fourth-order valence-electron chi connectivity index (χ4n) is 3.02. The normalized spacial score (nSPS) is 11.8. The van der Waals surface area contributed by atoms with Gasteiger partial charge in [-0.25, -0.2) is 4.98 Å². The third kappa shape index (κ3) is 5.12. The van der Waals surface area contributed by atoms with Gasteiger partial charge in [0.15, 0.2) is 0 Å². The summed E-state index contributed by atoms with van der Waals surface area (Å²) in [7, 11) is 0. The van der Waals surface area contributed by atoms with Gasteiger partial charge in [-0.2, -0.15) is 5.26 Å². The monoisotopic (exact) mass is 404 g/mol. The first-order valence-corrected chi connectivity index (χ1v) is 10.6. The molecule has 1 amide bonds. The second-order valence-corrected chi connectivity index (χ2v) is 8.28. The highest BCUT2D eigenvalue weighted by molar-refractivity contribution is 8.00. The molecule has 2 heterocycles. The molecule has 1 unspecified atom stereocenters. The molecule has 0 saturated heterocycles. The second-order valence-electron chi connectivity index (χ2n) is 6.95. The number of unbranched alkanes of at least 4 members (excludes halogenated alkanes) is 1. The number of aryl methyl sites for hydroxylation is 2. The summed E-state index contributed by atoms with van der Waals surface area (Å²) in [5.74, 6) is -0.129. The van der Waals surface area contributed by atoms with Crippen molar-refractivity contribution in [2.75, 3.05) is 5.32 Å². The number of aromatic nitrogens is 2. The van der Waals surface area contributed by atoms with Gasteiger partial charge in [0.2, 0.25) is 5.91 Å². The first-order valence-electron chi connectivity index (χ1n) is 9.75. The minimum Gasteiger partial charge on any atom is -0.324 e. The average molecular weight is 405 g/mol. The summed E-state index contributed by atoms with van der Waals surface area (Å²) in [5.41, 5.74) is 3.89. The van der Waals surface area contributed by atoms with E-state index in [1.807, 2.05) is 50.2 Å². The van der Waals surface area contributed by atoms with E-state index in [1.54, 1.807) is 6.07 Å². The van der Waals surface area contributed by atoms with Crippen molar-refractivity contribution in [2.24, 2.45) is 0 Å². The van der Waals surface area contributed by atoms with Gasteiger partial charge in [-0.1, -0.05) is 43.3 Å². The number of carbonyl (C=O) groups is 1. The van der Waals surface area contributed by atoms with E-state index in [0.717, 1.165) is 47.2 Å². The molecule has 0 saturated carbocycles. The molecule has 0 radical (unpaired) electrons. The summed E-state index contributed by atoms with van der Waals surface area (Å²) in [6, 6.07) is 15.5. The predicted octanol–water partition coefficient (Wildman–Crippen LogP) is 5.27. The number of amides is 1. The quantitative estimate of drug-likeness (QED) is 0.543. The number of pyridine rings is 2. The molecule has 0 spiro atoms. The summed E-state index contributed by atoms with van der Waals surface area (Å²) in [5, 5.41) is 13.5. The predicted molar refractivity (Wildman–Crippen MR) is 118 cm³/mol. The van der Waals surface area contributed by atoms with Crippen molar-refractivity contribution in [3.63, 3.8) is 0 Å². The molecule has 3 rings (SSSR count). The number of nitrogens with one attached hydrogen (secondary N) is 1. The molecule has 1 N–H and O–H groups in total. The highest BCUT2D eigenvalue weighted by atomic mass is 32.2. The molecule has 1 aromatic carbocycles. The van der Waals surface area contributed by atoms with Gasteiger partial charge in [-0.15, -0.1) is 0 Å². The molecule has 1 atom stereocenters. The summed E-state index contributed by atoms with van der Waals surface area (Å²) in [4.78, 5) is 22.0. The number of carbonyl (C=O) groups excluding carboxylic acids is 1. The molecule has 6 heteroatoms. The molecule has 0 aliphatic heterocycles. The van der Waals surface area contributed by atoms with Gasteiger partial charge in [0.1, 0.15) is 11.1 Å². The average Bonchev–Trinajstić information content (AvgIpc) is 2.72. The number of nitrogens with zero attached hydrogens (tertiary/aromatic N) is 3. The summed E-state index contributed by atoms with van der Waals surface area (Å²) in [6.07, 6.45) is 3.01. The third-order valence-electron chi connectivity index (χ3n) is 4.58. The van der Waals surface area contributed by atoms with Crippen molar-refractivity contribution in [2.45, 2.75) is 50.3 Å². The fraction of sp³-hybridized carbons (Fsp3) is 0.304. The van der Waals surface area contributed by atoms with E-state index in [0.29, 0.717) is 10.6 Å². The largest absolute Gasteiger partial charge is 0.324 e. The number of fused-ring (bicyclic) bond motifs is 1. The van der Waals surface area contributed by atoms with Gasteiger partial charge in [0.05, 0.1) is 22.0 Å². The van der Waals surface area contributed by atoms with Gasteiger partial charge in [0, 0.05) is 16.8 Å². The zero-order chi connectivity index (χ0) is 20.8. The molecule has 0 bridgehead atoms. The lowest BCUT2D eigenvalue weighted by Crippen LogP contribution is -2.23. The van der Waals surface area contributed by atoms with Crippen molar-refractivity contribution in [3.05, 3.63) is 59.4 Å². The Morgan fingerprint density at radius 1 is 1.24 bits per heavy atom. The van der Waals surface area contributed by atoms with Crippen LogP contribution in [-0.2, 0) is 11.2 Å². The molecule has 148 valence electrons. The number of hydrogen-bond acceptors (Lipinski definition) is 5. The maximum atomic E-state index is 12.9. The third-order valence-corrected chi connectivity index (χ3v) is 5.69. The smallest absolute Gasteiger partial charge is 0.237 e. The summed E-state index contributed by atoms with van der Waals surface area (Å²) >= 11 is 1.32. The zero-order valence-corrected chi connectivity index (χ0v) is 17.7. The van der Waals surface area contributed by atoms with E-state index in [4.69, 9.17) is 0 Å². The SMILES string of the molecule is CCCCc1ccc(C#N)c(SC(C)C(=O)Nc2cc(C)nc3ccccc23)n1. The molecule has 29 heavy (non-hydrogen) atoms. The van der Waals surface area contributed by atoms with E-state index in [-0.39, 0.29) is 5.91 Å². The number of para-hydroxylation sites is 1. The number of hydrogen-bond donors (Lipinski definition) is 1. The topological polar surface area (TPSA) is 78.7 Å². The van der Waals surface area contributed by atoms with Crippen LogP contribution in [0.15, 0.2) is 47.5 Å². The minimum atomic E-state index is -0.400. The van der Waals surface area contributed by atoms with Crippen LogP contribution in [0.3, 0.4) is 0 Å². The highest BCUT2D eigenvalue weighted by Gasteiger charge is 2.19. The molecule has 0 aliphatic carbocycles. The Morgan fingerprint density at radius 3 is 2.79 bits per heavy atom. The van der Waals surface area contributed by atoms with Gasteiger partial charge in [-0.05, 0) is 51.0 Å². The van der Waals surface area contributed by atoms with Crippen LogP contribution >= 0.6 is 11.8 Å². The van der Waals surface area contributed by atoms with Crippen LogP contribution in [0.2, 0.25) is 0 Å². The standard InChI is InChI=1S/C23H24N4OS/c1-4-5-8-18-12-11-17(14-24)23(26-18)29-16(3)22(28)27-21-13-15(2)25-20-10-7-6-9-19(20)21/h6-7,9-13,16H,4-5,8H2,1-3H3,(H,25,27,28). The van der Waals surface area contributed by atoms with Crippen LogP contribution in [0.5, 0.6) is 0 Å². The first-order chi connectivity index (χ1) is 14.0. The Hall–Kier alpha value is -2.91. The van der Waals surface area contributed by atoms with Crippen molar-refractivity contribution in [1.29, 1.82) is 5.26 Å². The fourth-order valence-corrected chi connectivity index (χ4v) is 3.93. The van der Waals surface area contributed by atoms with E-state index in [1.165, 1.54) is 11.8 Å². The number of benzene rings is 1. The molecule has 5 nitrogen and oxygen atoms in total. The molecule has 3 aromatic rings. The molecular weight excluding hydrogens is 380 g/mol. The van der Waals surface area contributed by atoms with E-state index < -0.39 is 5.25 Å². The van der Waals surface area contributed by atoms with Crippen LogP contribution < -0.4 is 5.32 Å². The van der Waals surface area contributed by atoms with Gasteiger partial charge in [-0.3, -0.25) is 9.78 Å². The number of nitriles is 1. The van der Waals surface area contributed by atoms with Gasteiger partial charge in [0.25, 0.3) is 0 Å². The number of anilines is 1. The van der Waals surface area contributed by atoms with Crippen molar-refractivity contribution < 1.29 is 4.79 Å². The van der Waals surface area contributed by atoms with Crippen molar-refractivity contribution in [1.82, 2.24) is 9.97 Å². The Labute approximate surface area is 175 Å². The van der Waals surface area contributed by atoms with Gasteiger partial charge < -0.3 is 5.32 Å².